The second-order valence-corrected chi connectivity index (χ2v) is 7.81. The Morgan fingerprint density at radius 2 is 2.00 bits per heavy atom. The maximum Gasteiger partial charge on any atom is 0.304 e. The molecule has 2 aromatic rings. The Bertz CT molecular complexity index is 773. The first-order valence-electron chi connectivity index (χ1n) is 5.12. The summed E-state index contributed by atoms with van der Waals surface area (Å²) in [6, 6.07) is 7.76. The Hall–Kier alpha value is -1.40. The lowest BCUT2D eigenvalue weighted by atomic mass is 10.3. The molecule has 1 aromatic heterocycles. The minimum atomic E-state index is -3.89. The van der Waals surface area contributed by atoms with Gasteiger partial charge < -0.3 is 5.73 Å². The minimum Gasteiger partial charge on any atom is -0.385 e. The molecular formula is C10H8IN3O4S2. The van der Waals surface area contributed by atoms with Crippen molar-refractivity contribution < 1.29 is 13.3 Å². The third kappa shape index (κ3) is 3.02. The van der Waals surface area contributed by atoms with E-state index in [-0.39, 0.29) is 9.21 Å². The number of nitrogen functional groups attached to an aromatic ring is 1. The molecule has 0 radical (unpaired) electrons. The predicted octanol–water partition coefficient (Wildman–Crippen LogP) is 2.64. The Labute approximate surface area is 132 Å². The van der Waals surface area contributed by atoms with E-state index in [0.717, 1.165) is 6.07 Å². The number of nitro groups is 1. The van der Waals surface area contributed by atoms with Gasteiger partial charge in [-0.3, -0.25) is 14.8 Å². The monoisotopic (exact) mass is 425 g/mol. The zero-order valence-corrected chi connectivity index (χ0v) is 13.5. The molecule has 1 aromatic carbocycles. The third-order valence-electron chi connectivity index (χ3n) is 2.30. The Balaban J connectivity index is 2.39. The van der Waals surface area contributed by atoms with Crippen LogP contribution in [-0.2, 0) is 10.0 Å². The minimum absolute atomic E-state index is 0.141. The molecule has 0 unspecified atom stereocenters. The van der Waals surface area contributed by atoms with E-state index >= 15 is 0 Å². The number of anilines is 2. The van der Waals surface area contributed by atoms with E-state index in [1.165, 1.54) is 0 Å². The van der Waals surface area contributed by atoms with Gasteiger partial charge in [0, 0.05) is 9.64 Å². The number of thiophene rings is 1. The standard InChI is InChI=1S/C10H8IN3O4S2/c11-6-3-1-2-4-7(6)13-20(17,18)9-5-8(14(15)16)10(12)19-9/h1-5,13H,12H2. The van der Waals surface area contributed by atoms with Crippen molar-refractivity contribution in [3.8, 4) is 0 Å². The number of nitrogens with two attached hydrogens (primary N) is 1. The van der Waals surface area contributed by atoms with Crippen molar-refractivity contribution in [2.45, 2.75) is 4.21 Å². The summed E-state index contributed by atoms with van der Waals surface area (Å²) in [5.41, 5.74) is 5.45. The summed E-state index contributed by atoms with van der Waals surface area (Å²) in [5, 5.41) is 10.5. The predicted molar refractivity (Wildman–Crippen MR) is 85.4 cm³/mol. The summed E-state index contributed by atoms with van der Waals surface area (Å²) in [5.74, 6) is 0. The van der Waals surface area contributed by atoms with Crippen LogP contribution in [0.5, 0.6) is 0 Å². The van der Waals surface area contributed by atoms with E-state index in [0.29, 0.717) is 20.6 Å². The maximum absolute atomic E-state index is 12.2. The van der Waals surface area contributed by atoms with Crippen molar-refractivity contribution in [1.82, 2.24) is 0 Å². The van der Waals surface area contributed by atoms with Gasteiger partial charge in [0.25, 0.3) is 10.0 Å². The fraction of sp³-hybridized carbons (Fsp3) is 0. The highest BCUT2D eigenvalue weighted by Crippen LogP contribution is 2.35. The highest BCUT2D eigenvalue weighted by Gasteiger charge is 2.25. The van der Waals surface area contributed by atoms with Crippen molar-refractivity contribution >= 4 is 60.3 Å². The molecule has 0 saturated heterocycles. The molecule has 3 N–H and O–H groups in total. The first kappa shape index (κ1) is 15.0. The number of benzene rings is 1. The van der Waals surface area contributed by atoms with Gasteiger partial charge in [-0.05, 0) is 34.7 Å². The lowest BCUT2D eigenvalue weighted by molar-refractivity contribution is -0.383. The maximum atomic E-state index is 12.2. The molecule has 0 bridgehead atoms. The van der Waals surface area contributed by atoms with Crippen LogP contribution in [0.3, 0.4) is 0 Å². The van der Waals surface area contributed by atoms with E-state index in [2.05, 4.69) is 4.72 Å². The molecule has 2 rings (SSSR count). The van der Waals surface area contributed by atoms with Crippen LogP contribution in [0.1, 0.15) is 0 Å². The first-order valence-corrected chi connectivity index (χ1v) is 8.50. The zero-order chi connectivity index (χ0) is 14.9. The first-order chi connectivity index (χ1) is 9.31. The summed E-state index contributed by atoms with van der Waals surface area (Å²) in [6.45, 7) is 0. The SMILES string of the molecule is Nc1sc(S(=O)(=O)Nc2ccccc2I)cc1[N+](=O)[O-]. The quantitative estimate of drug-likeness (QED) is 0.444. The Morgan fingerprint density at radius 3 is 2.55 bits per heavy atom. The molecule has 0 aliphatic carbocycles. The topological polar surface area (TPSA) is 115 Å². The lowest BCUT2D eigenvalue weighted by Gasteiger charge is -2.07. The molecule has 0 atom stereocenters. The normalized spacial score (nSPS) is 11.2. The summed E-state index contributed by atoms with van der Waals surface area (Å²) in [7, 11) is -3.89. The van der Waals surface area contributed by atoms with Gasteiger partial charge >= 0.3 is 5.69 Å². The number of halogens is 1. The molecule has 0 aliphatic rings. The molecular weight excluding hydrogens is 417 g/mol. The molecule has 0 fully saturated rings. The van der Waals surface area contributed by atoms with Crippen LogP contribution in [0.25, 0.3) is 0 Å². The van der Waals surface area contributed by atoms with Gasteiger partial charge in [-0.2, -0.15) is 0 Å². The van der Waals surface area contributed by atoms with Gasteiger partial charge in [-0.25, -0.2) is 8.42 Å². The summed E-state index contributed by atoms with van der Waals surface area (Å²) < 4.78 is 27.2. The van der Waals surface area contributed by atoms with Crippen LogP contribution in [-0.4, -0.2) is 13.3 Å². The second kappa shape index (κ2) is 5.54. The van der Waals surface area contributed by atoms with E-state index in [1.807, 2.05) is 22.6 Å². The van der Waals surface area contributed by atoms with Crippen LogP contribution >= 0.6 is 33.9 Å². The smallest absolute Gasteiger partial charge is 0.304 e. The number of nitrogens with zero attached hydrogens (tertiary/aromatic N) is 1. The third-order valence-corrected chi connectivity index (χ3v) is 6.03. The summed E-state index contributed by atoms with van der Waals surface area (Å²) in [6.07, 6.45) is 0. The van der Waals surface area contributed by atoms with Crippen LogP contribution < -0.4 is 10.5 Å². The molecule has 1 heterocycles. The van der Waals surface area contributed by atoms with Gasteiger partial charge in [0.1, 0.15) is 4.21 Å². The lowest BCUT2D eigenvalue weighted by Crippen LogP contribution is -2.12. The van der Waals surface area contributed by atoms with Crippen LogP contribution in [0.2, 0.25) is 0 Å². The molecule has 7 nitrogen and oxygen atoms in total. The van der Waals surface area contributed by atoms with Gasteiger partial charge in [0.05, 0.1) is 10.6 Å². The van der Waals surface area contributed by atoms with E-state index in [4.69, 9.17) is 5.73 Å². The van der Waals surface area contributed by atoms with Crippen LogP contribution in [0.15, 0.2) is 34.5 Å². The molecule has 0 aliphatic heterocycles. The van der Waals surface area contributed by atoms with Gasteiger partial charge in [-0.15, -0.1) is 0 Å². The molecule has 0 spiro atoms. The van der Waals surface area contributed by atoms with Crippen LogP contribution in [0.4, 0.5) is 16.4 Å². The number of rotatable bonds is 4. The summed E-state index contributed by atoms with van der Waals surface area (Å²) >= 11 is 2.64. The Kier molecular flexibility index (Phi) is 4.15. The van der Waals surface area contributed by atoms with E-state index < -0.39 is 20.6 Å². The molecule has 10 heteroatoms. The van der Waals surface area contributed by atoms with Crippen molar-refractivity contribution in [3.63, 3.8) is 0 Å². The van der Waals surface area contributed by atoms with Crippen molar-refractivity contribution in [3.05, 3.63) is 44.0 Å². The highest BCUT2D eigenvalue weighted by atomic mass is 127. The van der Waals surface area contributed by atoms with Crippen LogP contribution in [0, 0.1) is 13.7 Å². The van der Waals surface area contributed by atoms with Gasteiger partial charge in [-0.1, -0.05) is 23.5 Å². The fourth-order valence-electron chi connectivity index (χ4n) is 1.39. The molecule has 0 amide bonds. The van der Waals surface area contributed by atoms with Gasteiger partial charge in [0.2, 0.25) is 0 Å². The van der Waals surface area contributed by atoms with Crippen molar-refractivity contribution in [2.75, 3.05) is 10.5 Å². The number of hydrogen-bond acceptors (Lipinski definition) is 6. The fourth-order valence-corrected chi connectivity index (χ4v) is 4.39. The molecule has 20 heavy (non-hydrogen) atoms. The van der Waals surface area contributed by atoms with E-state index in [1.54, 1.807) is 24.3 Å². The number of para-hydroxylation sites is 1. The molecule has 0 saturated carbocycles. The number of hydrogen-bond donors (Lipinski definition) is 2. The number of sulfonamides is 1. The van der Waals surface area contributed by atoms with Crippen molar-refractivity contribution in [1.29, 1.82) is 0 Å². The zero-order valence-electron chi connectivity index (χ0n) is 9.74. The summed E-state index contributed by atoms with van der Waals surface area (Å²) in [4.78, 5) is 9.98. The average molecular weight is 425 g/mol. The highest BCUT2D eigenvalue weighted by molar-refractivity contribution is 14.1. The molecule has 106 valence electrons. The second-order valence-electron chi connectivity index (χ2n) is 3.66. The van der Waals surface area contributed by atoms with Crippen molar-refractivity contribution in [2.24, 2.45) is 0 Å². The van der Waals surface area contributed by atoms with Gasteiger partial charge in [0.15, 0.2) is 5.00 Å². The average Bonchev–Trinajstić information content (AvgIpc) is 2.75. The van der Waals surface area contributed by atoms with E-state index in [9.17, 15) is 18.5 Å². The number of nitrogens with one attached hydrogen (secondary N) is 1. The largest absolute Gasteiger partial charge is 0.385 e. The Morgan fingerprint density at radius 1 is 1.35 bits per heavy atom.